The highest BCUT2D eigenvalue weighted by Crippen LogP contribution is 2.19. The van der Waals surface area contributed by atoms with Crippen molar-refractivity contribution in [3.05, 3.63) is 36.0 Å². The van der Waals surface area contributed by atoms with Gasteiger partial charge in [-0.25, -0.2) is 4.79 Å². The molecule has 6 N–H and O–H groups in total. The number of para-hydroxylation sites is 1. The van der Waals surface area contributed by atoms with Gasteiger partial charge in [0.15, 0.2) is 0 Å². The van der Waals surface area contributed by atoms with Gasteiger partial charge in [0.1, 0.15) is 0 Å². The summed E-state index contributed by atoms with van der Waals surface area (Å²) in [4.78, 5) is 39.4. The fraction of sp³-hybridized carbons (Fsp3) is 0.476. The maximum atomic E-state index is 13.1. The number of H-pyrrole nitrogens is 1. The lowest BCUT2D eigenvalue weighted by molar-refractivity contribution is -0.126. The van der Waals surface area contributed by atoms with Crippen molar-refractivity contribution in [1.29, 1.82) is 0 Å². The highest BCUT2D eigenvalue weighted by molar-refractivity contribution is 8.13. The van der Waals surface area contributed by atoms with E-state index < -0.39 is 18.1 Å². The van der Waals surface area contributed by atoms with E-state index in [0.29, 0.717) is 25.8 Å². The Kier molecular flexibility index (Phi) is 9.19. The third-order valence-electron chi connectivity index (χ3n) is 4.72. The van der Waals surface area contributed by atoms with Gasteiger partial charge in [0, 0.05) is 29.7 Å². The zero-order chi connectivity index (χ0) is 22.1. The van der Waals surface area contributed by atoms with E-state index in [9.17, 15) is 14.4 Å². The number of nitrogens with two attached hydrogens (primary N) is 1. The zero-order valence-electron chi connectivity index (χ0n) is 17.7. The van der Waals surface area contributed by atoms with Crippen LogP contribution in [0.3, 0.4) is 0 Å². The van der Waals surface area contributed by atoms with Crippen LogP contribution in [0.25, 0.3) is 10.9 Å². The lowest BCUT2D eigenvalue weighted by atomic mass is 10.0. The summed E-state index contributed by atoms with van der Waals surface area (Å²) in [7, 11) is 0. The van der Waals surface area contributed by atoms with Gasteiger partial charge in [0.25, 0.3) is 0 Å². The van der Waals surface area contributed by atoms with Gasteiger partial charge in [0.05, 0.1) is 12.1 Å². The molecule has 3 amide bonds. The summed E-state index contributed by atoms with van der Waals surface area (Å²) < 4.78 is 0. The highest BCUT2D eigenvalue weighted by atomic mass is 32.2. The summed E-state index contributed by atoms with van der Waals surface area (Å²) in [5, 5.41) is 9.67. The molecule has 2 rings (SSSR count). The number of primary amides is 1. The predicted octanol–water partition coefficient (Wildman–Crippen LogP) is 1.90. The van der Waals surface area contributed by atoms with E-state index in [1.165, 1.54) is 0 Å². The van der Waals surface area contributed by atoms with Crippen LogP contribution >= 0.6 is 11.8 Å². The molecule has 0 unspecified atom stereocenters. The van der Waals surface area contributed by atoms with Crippen LogP contribution in [0.2, 0.25) is 0 Å². The molecule has 0 saturated heterocycles. The number of carbonyl (C=O) groups excluding carboxylic acids is 3. The Morgan fingerprint density at radius 1 is 1.17 bits per heavy atom. The average molecular weight is 434 g/mol. The number of nitrogens with one attached hydrogen (secondary N) is 4. The van der Waals surface area contributed by atoms with Crippen LogP contribution in [0.15, 0.2) is 30.5 Å². The standard InChI is InChI=1S/C21H31N5O3S/c1-13(2)25-18(11-14-12-24-16-8-5-4-7-15(14)16)19(27)26-17(20(28)30-3)9-6-10-23-21(22)29/h4-5,7-8,12-13,17-18,24-25H,6,9-11H2,1-3H3,(H,26,27)(H3,22,23,29)/t17-,18+/m0/s1. The van der Waals surface area contributed by atoms with E-state index in [2.05, 4.69) is 20.9 Å². The Labute approximate surface area is 181 Å². The second-order valence-corrected chi connectivity index (χ2v) is 8.27. The van der Waals surface area contributed by atoms with E-state index in [4.69, 9.17) is 5.73 Å². The number of benzene rings is 1. The molecule has 1 heterocycles. The van der Waals surface area contributed by atoms with Gasteiger partial charge < -0.3 is 26.7 Å². The van der Waals surface area contributed by atoms with E-state index in [1.807, 2.05) is 44.3 Å². The highest BCUT2D eigenvalue weighted by Gasteiger charge is 2.26. The molecule has 1 aromatic carbocycles. The van der Waals surface area contributed by atoms with Crippen LogP contribution in [-0.2, 0) is 16.0 Å². The summed E-state index contributed by atoms with van der Waals surface area (Å²) >= 11 is 1.08. The fourth-order valence-corrected chi connectivity index (χ4v) is 3.79. The van der Waals surface area contributed by atoms with Crippen molar-refractivity contribution in [2.45, 2.75) is 51.2 Å². The summed E-state index contributed by atoms with van der Waals surface area (Å²) in [5.41, 5.74) is 7.13. The van der Waals surface area contributed by atoms with Crippen molar-refractivity contribution in [3.63, 3.8) is 0 Å². The monoisotopic (exact) mass is 433 g/mol. The molecule has 9 heteroatoms. The first-order valence-electron chi connectivity index (χ1n) is 10.0. The third-order valence-corrected chi connectivity index (χ3v) is 5.41. The van der Waals surface area contributed by atoms with Gasteiger partial charge in [-0.1, -0.05) is 43.8 Å². The molecule has 8 nitrogen and oxygen atoms in total. The second-order valence-electron chi connectivity index (χ2n) is 7.46. The van der Waals surface area contributed by atoms with Gasteiger partial charge >= 0.3 is 6.03 Å². The van der Waals surface area contributed by atoms with Crippen molar-refractivity contribution < 1.29 is 14.4 Å². The molecule has 0 aliphatic rings. The van der Waals surface area contributed by atoms with Crippen LogP contribution in [0.1, 0.15) is 32.3 Å². The number of aromatic amines is 1. The van der Waals surface area contributed by atoms with E-state index >= 15 is 0 Å². The number of urea groups is 1. The first-order chi connectivity index (χ1) is 14.3. The minimum atomic E-state index is -0.624. The summed E-state index contributed by atoms with van der Waals surface area (Å²) in [6, 6.07) is 6.34. The van der Waals surface area contributed by atoms with Crippen LogP contribution < -0.4 is 21.7 Å². The second kappa shape index (κ2) is 11.6. The fourth-order valence-electron chi connectivity index (χ4n) is 3.33. The van der Waals surface area contributed by atoms with Crippen LogP contribution in [0.5, 0.6) is 0 Å². The number of fused-ring (bicyclic) bond motifs is 1. The van der Waals surface area contributed by atoms with Gasteiger partial charge in [0.2, 0.25) is 11.0 Å². The molecule has 0 fully saturated rings. The molecule has 164 valence electrons. The lowest BCUT2D eigenvalue weighted by Gasteiger charge is -2.24. The molecule has 0 radical (unpaired) electrons. The number of hydrogen-bond acceptors (Lipinski definition) is 5. The number of aromatic nitrogens is 1. The molecular formula is C21H31N5O3S. The molecule has 0 aliphatic carbocycles. The predicted molar refractivity (Wildman–Crippen MR) is 121 cm³/mol. The average Bonchev–Trinajstić information content (AvgIpc) is 3.11. The number of thioether (sulfide) groups is 1. The quantitative estimate of drug-likeness (QED) is 0.346. The Bertz CT molecular complexity index is 867. The lowest BCUT2D eigenvalue weighted by Crippen LogP contribution is -2.52. The Balaban J connectivity index is 2.09. The van der Waals surface area contributed by atoms with Gasteiger partial charge in [-0.3, -0.25) is 9.59 Å². The minimum absolute atomic E-state index is 0.0976. The van der Waals surface area contributed by atoms with E-state index in [-0.39, 0.29) is 17.1 Å². The Hall–Kier alpha value is -2.52. The number of rotatable bonds is 11. The topological polar surface area (TPSA) is 129 Å². The summed E-state index contributed by atoms with van der Waals surface area (Å²) in [6.07, 6.45) is 5.07. The van der Waals surface area contributed by atoms with Gasteiger partial charge in [-0.05, 0) is 37.1 Å². The van der Waals surface area contributed by atoms with E-state index in [0.717, 1.165) is 28.2 Å². The summed E-state index contributed by atoms with van der Waals surface area (Å²) in [5.74, 6) is -0.218. The Morgan fingerprint density at radius 3 is 2.57 bits per heavy atom. The van der Waals surface area contributed by atoms with E-state index in [1.54, 1.807) is 6.26 Å². The summed E-state index contributed by atoms with van der Waals surface area (Å²) in [6.45, 7) is 4.32. The maximum absolute atomic E-state index is 13.1. The van der Waals surface area contributed by atoms with Crippen LogP contribution in [-0.4, -0.2) is 53.0 Å². The van der Waals surface area contributed by atoms with Crippen LogP contribution in [0.4, 0.5) is 4.79 Å². The number of hydrogen-bond donors (Lipinski definition) is 5. The van der Waals surface area contributed by atoms with Gasteiger partial charge in [-0.15, -0.1) is 0 Å². The number of amides is 3. The molecular weight excluding hydrogens is 402 g/mol. The van der Waals surface area contributed by atoms with Crippen molar-refractivity contribution in [3.8, 4) is 0 Å². The minimum Gasteiger partial charge on any atom is -0.361 e. The third kappa shape index (κ3) is 7.07. The SMILES string of the molecule is CSC(=O)[C@H](CCCNC(N)=O)NC(=O)[C@@H](Cc1c[nH]c2ccccc12)NC(C)C. The van der Waals surface area contributed by atoms with Crippen molar-refractivity contribution in [2.24, 2.45) is 5.73 Å². The normalized spacial score (nSPS) is 13.2. The molecule has 0 saturated carbocycles. The first kappa shape index (κ1) is 23.8. The molecule has 0 aliphatic heterocycles. The zero-order valence-corrected chi connectivity index (χ0v) is 18.5. The van der Waals surface area contributed by atoms with Crippen LogP contribution in [0, 0.1) is 0 Å². The maximum Gasteiger partial charge on any atom is 0.312 e. The smallest absolute Gasteiger partial charge is 0.312 e. The number of carbonyl (C=O) groups is 3. The van der Waals surface area contributed by atoms with Crippen molar-refractivity contribution in [1.82, 2.24) is 20.9 Å². The molecule has 2 aromatic rings. The van der Waals surface area contributed by atoms with Crippen molar-refractivity contribution in [2.75, 3.05) is 12.8 Å². The molecule has 30 heavy (non-hydrogen) atoms. The molecule has 1 aromatic heterocycles. The Morgan fingerprint density at radius 2 is 1.90 bits per heavy atom. The molecule has 0 spiro atoms. The van der Waals surface area contributed by atoms with Gasteiger partial charge in [-0.2, -0.15) is 0 Å². The molecule has 2 atom stereocenters. The first-order valence-corrected chi connectivity index (χ1v) is 11.3. The largest absolute Gasteiger partial charge is 0.361 e. The molecule has 0 bridgehead atoms. The van der Waals surface area contributed by atoms with Crippen molar-refractivity contribution >= 4 is 39.7 Å².